The largest absolute Gasteiger partial charge is 0.365 e. The van der Waals surface area contributed by atoms with Gasteiger partial charge in [0.2, 0.25) is 11.7 Å². The van der Waals surface area contributed by atoms with Gasteiger partial charge < -0.3 is 9.26 Å². The number of piperidine rings is 1. The maximum absolute atomic E-state index is 6.22. The van der Waals surface area contributed by atoms with E-state index in [-0.39, 0.29) is 6.10 Å². The molecule has 0 aromatic carbocycles. The number of likely N-dealkylation sites (tertiary alicyclic amines) is 1. The Morgan fingerprint density at radius 3 is 3.05 bits per heavy atom. The number of hydrogen-bond acceptors (Lipinski definition) is 6. The highest BCUT2D eigenvalue weighted by Crippen LogP contribution is 2.40. The van der Waals surface area contributed by atoms with Crippen molar-refractivity contribution in [3.05, 3.63) is 33.6 Å². The fourth-order valence-electron chi connectivity index (χ4n) is 3.52. The van der Waals surface area contributed by atoms with Gasteiger partial charge in [0.05, 0.1) is 6.10 Å². The Morgan fingerprint density at radius 1 is 1.41 bits per heavy atom. The van der Waals surface area contributed by atoms with Crippen LogP contribution in [0.2, 0.25) is 0 Å². The first-order chi connectivity index (χ1) is 10.7. The lowest BCUT2D eigenvalue weighted by molar-refractivity contribution is -0.0124. The molecule has 3 atom stereocenters. The van der Waals surface area contributed by atoms with Gasteiger partial charge in [-0.25, -0.2) is 0 Å². The minimum absolute atomic E-state index is 0.0101. The molecule has 4 heterocycles. The summed E-state index contributed by atoms with van der Waals surface area (Å²) in [5.41, 5.74) is 1.40. The molecule has 2 aromatic heterocycles. The van der Waals surface area contributed by atoms with E-state index >= 15 is 0 Å². The van der Waals surface area contributed by atoms with E-state index in [0.717, 1.165) is 26.1 Å². The standard InChI is InChI=1S/C16H21N3O2S/c1-10-4-6-22-15(10)9-19-5-3-12-7-13(20-14(12)8-19)16-17-11(2)21-18-16/h4,6,12-14H,3,5,7-9H2,1-2H3/t12-,13+,14+/m1/s1. The van der Waals surface area contributed by atoms with Gasteiger partial charge in [-0.1, -0.05) is 5.16 Å². The number of thiophene rings is 1. The Kier molecular flexibility index (Phi) is 3.76. The van der Waals surface area contributed by atoms with Gasteiger partial charge in [0.25, 0.3) is 0 Å². The molecule has 4 rings (SSSR count). The summed E-state index contributed by atoms with van der Waals surface area (Å²) >= 11 is 1.85. The van der Waals surface area contributed by atoms with Crippen molar-refractivity contribution < 1.29 is 9.26 Å². The third kappa shape index (κ3) is 2.71. The molecule has 118 valence electrons. The van der Waals surface area contributed by atoms with E-state index in [1.54, 1.807) is 0 Å². The summed E-state index contributed by atoms with van der Waals surface area (Å²) in [6, 6.07) is 2.20. The van der Waals surface area contributed by atoms with Crippen molar-refractivity contribution in [2.75, 3.05) is 13.1 Å². The maximum Gasteiger partial charge on any atom is 0.223 e. The lowest BCUT2D eigenvalue weighted by atomic mass is 9.91. The van der Waals surface area contributed by atoms with Gasteiger partial charge in [-0.2, -0.15) is 4.98 Å². The van der Waals surface area contributed by atoms with Crippen LogP contribution >= 0.6 is 11.3 Å². The number of hydrogen-bond donors (Lipinski definition) is 0. The summed E-state index contributed by atoms with van der Waals surface area (Å²) in [6.45, 7) is 7.22. The third-order valence-corrected chi connectivity index (χ3v) is 5.81. The molecule has 0 spiro atoms. The monoisotopic (exact) mass is 319 g/mol. The van der Waals surface area contributed by atoms with Gasteiger partial charge in [-0.15, -0.1) is 11.3 Å². The molecule has 0 amide bonds. The van der Waals surface area contributed by atoms with Gasteiger partial charge >= 0.3 is 0 Å². The Labute approximate surface area is 134 Å². The van der Waals surface area contributed by atoms with E-state index in [1.807, 2.05) is 18.3 Å². The highest BCUT2D eigenvalue weighted by atomic mass is 32.1. The second kappa shape index (κ2) is 5.76. The molecule has 0 aliphatic carbocycles. The van der Waals surface area contributed by atoms with E-state index in [2.05, 4.69) is 33.4 Å². The minimum Gasteiger partial charge on any atom is -0.365 e. The lowest BCUT2D eigenvalue weighted by Crippen LogP contribution is -2.41. The summed E-state index contributed by atoms with van der Waals surface area (Å²) in [7, 11) is 0. The molecule has 0 bridgehead atoms. The van der Waals surface area contributed by atoms with E-state index in [4.69, 9.17) is 9.26 Å². The quantitative estimate of drug-likeness (QED) is 0.870. The zero-order valence-corrected chi connectivity index (χ0v) is 13.8. The van der Waals surface area contributed by atoms with Crippen LogP contribution in [-0.2, 0) is 11.3 Å². The number of aromatic nitrogens is 2. The van der Waals surface area contributed by atoms with Crippen molar-refractivity contribution in [2.45, 2.75) is 45.4 Å². The first kappa shape index (κ1) is 14.4. The molecule has 2 aromatic rings. The number of nitrogens with zero attached hydrogens (tertiary/aromatic N) is 3. The molecule has 2 fully saturated rings. The van der Waals surface area contributed by atoms with E-state index in [1.165, 1.54) is 16.9 Å². The van der Waals surface area contributed by atoms with E-state index in [9.17, 15) is 0 Å². The molecule has 2 saturated heterocycles. The second-order valence-electron chi connectivity index (χ2n) is 6.38. The molecule has 2 aliphatic rings. The number of rotatable bonds is 3. The van der Waals surface area contributed by atoms with Gasteiger partial charge in [0, 0.05) is 24.9 Å². The molecule has 6 heteroatoms. The SMILES string of the molecule is Cc1nc([C@@H]2C[C@H]3CCN(Cc4sccc4C)C[C@@H]3O2)no1. The number of ether oxygens (including phenoxy) is 1. The first-order valence-corrected chi connectivity index (χ1v) is 8.78. The first-order valence-electron chi connectivity index (χ1n) is 7.90. The van der Waals surface area contributed by atoms with Crippen molar-refractivity contribution in [1.29, 1.82) is 0 Å². The molecule has 0 unspecified atom stereocenters. The third-order valence-electron chi connectivity index (χ3n) is 4.80. The van der Waals surface area contributed by atoms with Crippen molar-refractivity contribution >= 4 is 11.3 Å². The Hall–Kier alpha value is -1.24. The van der Waals surface area contributed by atoms with Crippen LogP contribution in [0.4, 0.5) is 0 Å². The second-order valence-corrected chi connectivity index (χ2v) is 7.38. The summed E-state index contributed by atoms with van der Waals surface area (Å²) in [4.78, 5) is 8.32. The normalized spacial score (nSPS) is 28.9. The van der Waals surface area contributed by atoms with Crippen molar-refractivity contribution in [3.8, 4) is 0 Å². The maximum atomic E-state index is 6.22. The van der Waals surface area contributed by atoms with Crippen LogP contribution in [-0.4, -0.2) is 34.2 Å². The van der Waals surface area contributed by atoms with Crippen molar-refractivity contribution in [3.63, 3.8) is 0 Å². The van der Waals surface area contributed by atoms with Gasteiger partial charge in [-0.3, -0.25) is 4.90 Å². The molecule has 2 aliphatic heterocycles. The highest BCUT2D eigenvalue weighted by molar-refractivity contribution is 7.10. The zero-order chi connectivity index (χ0) is 15.1. The number of aryl methyl sites for hydroxylation is 2. The van der Waals surface area contributed by atoms with Crippen LogP contribution in [0, 0.1) is 19.8 Å². The summed E-state index contributed by atoms with van der Waals surface area (Å²) < 4.78 is 11.3. The van der Waals surface area contributed by atoms with Crippen LogP contribution in [0.3, 0.4) is 0 Å². The Bertz CT molecular complexity index is 653. The summed E-state index contributed by atoms with van der Waals surface area (Å²) in [6.07, 6.45) is 2.53. The van der Waals surface area contributed by atoms with Gasteiger partial charge in [0.1, 0.15) is 6.10 Å². The lowest BCUT2D eigenvalue weighted by Gasteiger charge is -2.33. The van der Waals surface area contributed by atoms with E-state index in [0.29, 0.717) is 23.7 Å². The van der Waals surface area contributed by atoms with Crippen LogP contribution < -0.4 is 0 Å². The summed E-state index contributed by atoms with van der Waals surface area (Å²) in [5, 5.41) is 6.20. The highest BCUT2D eigenvalue weighted by Gasteiger charge is 2.41. The number of fused-ring (bicyclic) bond motifs is 1. The molecule has 0 N–H and O–H groups in total. The molecular formula is C16H21N3O2S. The molecular weight excluding hydrogens is 298 g/mol. The molecule has 0 radical (unpaired) electrons. The predicted octanol–water partition coefficient (Wildman–Crippen LogP) is 3.10. The molecule has 22 heavy (non-hydrogen) atoms. The smallest absolute Gasteiger partial charge is 0.223 e. The Balaban J connectivity index is 1.40. The predicted molar refractivity (Wildman–Crippen MR) is 83.7 cm³/mol. The zero-order valence-electron chi connectivity index (χ0n) is 13.0. The molecule has 0 saturated carbocycles. The van der Waals surface area contributed by atoms with Crippen molar-refractivity contribution in [2.24, 2.45) is 5.92 Å². The average Bonchev–Trinajstić information content (AvgIpc) is 3.19. The van der Waals surface area contributed by atoms with Gasteiger partial charge in [-0.05, 0) is 49.2 Å². The minimum atomic E-state index is 0.0101. The van der Waals surface area contributed by atoms with Gasteiger partial charge in [0.15, 0.2) is 0 Å². The Morgan fingerprint density at radius 2 is 2.32 bits per heavy atom. The molecule has 5 nitrogen and oxygen atoms in total. The average molecular weight is 319 g/mol. The summed E-state index contributed by atoms with van der Waals surface area (Å²) in [5.74, 6) is 1.96. The van der Waals surface area contributed by atoms with Crippen LogP contribution in [0.15, 0.2) is 16.0 Å². The van der Waals surface area contributed by atoms with Crippen molar-refractivity contribution in [1.82, 2.24) is 15.0 Å². The fourth-order valence-corrected chi connectivity index (χ4v) is 4.47. The van der Waals surface area contributed by atoms with Crippen LogP contribution in [0.25, 0.3) is 0 Å². The van der Waals surface area contributed by atoms with E-state index < -0.39 is 0 Å². The van der Waals surface area contributed by atoms with Crippen LogP contribution in [0.1, 0.15) is 41.1 Å². The fraction of sp³-hybridized carbons (Fsp3) is 0.625. The van der Waals surface area contributed by atoms with Crippen LogP contribution in [0.5, 0.6) is 0 Å². The topological polar surface area (TPSA) is 51.4 Å².